The van der Waals surface area contributed by atoms with Crippen LogP contribution in [0.3, 0.4) is 0 Å². The standard InChI is InChI=1S/C14H21NO4S/c1-11(16)13-4-3-5-14(8-13)20(17,18)15-7-6-12(9-15)10-19-2/h3-5,8,11-12,16H,6-7,9-10H2,1-2H3. The average molecular weight is 299 g/mol. The van der Waals surface area contributed by atoms with Gasteiger partial charge in [-0.15, -0.1) is 0 Å². The van der Waals surface area contributed by atoms with Gasteiger partial charge in [-0.2, -0.15) is 4.31 Å². The molecule has 6 heteroatoms. The van der Waals surface area contributed by atoms with E-state index in [1.807, 2.05) is 0 Å². The molecule has 1 N–H and O–H groups in total. The smallest absolute Gasteiger partial charge is 0.243 e. The van der Waals surface area contributed by atoms with Gasteiger partial charge < -0.3 is 9.84 Å². The topological polar surface area (TPSA) is 66.8 Å². The maximum absolute atomic E-state index is 12.6. The SMILES string of the molecule is COCC1CCN(S(=O)(=O)c2cccc(C(C)O)c2)C1. The maximum atomic E-state index is 12.6. The third kappa shape index (κ3) is 3.20. The van der Waals surface area contributed by atoms with Crippen molar-refractivity contribution in [2.45, 2.75) is 24.3 Å². The van der Waals surface area contributed by atoms with E-state index in [9.17, 15) is 13.5 Å². The van der Waals surface area contributed by atoms with Crippen LogP contribution in [-0.4, -0.2) is 44.6 Å². The summed E-state index contributed by atoms with van der Waals surface area (Å²) in [5.74, 6) is 0.259. The monoisotopic (exact) mass is 299 g/mol. The van der Waals surface area contributed by atoms with Crippen molar-refractivity contribution in [1.29, 1.82) is 0 Å². The van der Waals surface area contributed by atoms with Gasteiger partial charge in [0.2, 0.25) is 10.0 Å². The van der Waals surface area contributed by atoms with Gasteiger partial charge in [-0.05, 0) is 37.0 Å². The van der Waals surface area contributed by atoms with Crippen LogP contribution in [0.2, 0.25) is 0 Å². The minimum absolute atomic E-state index is 0.244. The Hall–Kier alpha value is -0.950. The van der Waals surface area contributed by atoms with Gasteiger partial charge in [-0.3, -0.25) is 0 Å². The zero-order valence-electron chi connectivity index (χ0n) is 11.8. The summed E-state index contributed by atoms with van der Waals surface area (Å²) in [6.45, 7) is 3.22. The summed E-state index contributed by atoms with van der Waals surface area (Å²) >= 11 is 0. The molecule has 1 heterocycles. The highest BCUT2D eigenvalue weighted by atomic mass is 32.2. The molecule has 0 aliphatic carbocycles. The minimum Gasteiger partial charge on any atom is -0.389 e. The normalized spacial score (nSPS) is 22.1. The van der Waals surface area contributed by atoms with Crippen molar-refractivity contribution in [1.82, 2.24) is 4.31 Å². The van der Waals surface area contributed by atoms with Gasteiger partial charge in [0, 0.05) is 20.2 Å². The molecule has 0 radical (unpaired) electrons. The molecule has 1 aliphatic rings. The van der Waals surface area contributed by atoms with Crippen LogP contribution in [0.1, 0.15) is 25.0 Å². The number of rotatable bonds is 5. The van der Waals surface area contributed by atoms with E-state index in [-0.39, 0.29) is 10.8 Å². The summed E-state index contributed by atoms with van der Waals surface area (Å²) in [7, 11) is -1.85. The summed E-state index contributed by atoms with van der Waals surface area (Å²) in [5, 5.41) is 9.57. The van der Waals surface area contributed by atoms with Crippen LogP contribution in [0.4, 0.5) is 0 Å². The van der Waals surface area contributed by atoms with Gasteiger partial charge in [-0.25, -0.2) is 8.42 Å². The number of benzene rings is 1. The molecule has 20 heavy (non-hydrogen) atoms. The molecule has 0 spiro atoms. The van der Waals surface area contributed by atoms with Crippen LogP contribution in [0.15, 0.2) is 29.2 Å². The lowest BCUT2D eigenvalue weighted by Crippen LogP contribution is -2.29. The van der Waals surface area contributed by atoms with E-state index in [0.29, 0.717) is 25.3 Å². The van der Waals surface area contributed by atoms with Crippen LogP contribution in [0.25, 0.3) is 0 Å². The van der Waals surface area contributed by atoms with Crippen LogP contribution < -0.4 is 0 Å². The van der Waals surface area contributed by atoms with E-state index in [1.54, 1.807) is 38.3 Å². The van der Waals surface area contributed by atoms with Crippen LogP contribution in [0.5, 0.6) is 0 Å². The molecule has 112 valence electrons. The highest BCUT2D eigenvalue weighted by Crippen LogP contribution is 2.26. The van der Waals surface area contributed by atoms with Crippen molar-refractivity contribution >= 4 is 10.0 Å². The Kier molecular flexibility index (Phi) is 4.80. The molecule has 2 unspecified atom stereocenters. The highest BCUT2D eigenvalue weighted by Gasteiger charge is 2.32. The summed E-state index contributed by atoms with van der Waals surface area (Å²) in [4.78, 5) is 0.244. The Morgan fingerprint density at radius 3 is 2.90 bits per heavy atom. The molecule has 1 aromatic carbocycles. The lowest BCUT2D eigenvalue weighted by Gasteiger charge is -2.17. The molecule has 1 aliphatic heterocycles. The predicted octanol–water partition coefficient (Wildman–Crippen LogP) is 1.40. The van der Waals surface area contributed by atoms with E-state index >= 15 is 0 Å². The zero-order chi connectivity index (χ0) is 14.8. The Morgan fingerprint density at radius 1 is 1.50 bits per heavy atom. The summed E-state index contributed by atoms with van der Waals surface area (Å²) in [6.07, 6.45) is 0.147. The largest absolute Gasteiger partial charge is 0.389 e. The molecule has 5 nitrogen and oxygen atoms in total. The fourth-order valence-electron chi connectivity index (χ4n) is 2.47. The first-order chi connectivity index (χ1) is 9.45. The number of hydrogen-bond donors (Lipinski definition) is 1. The average Bonchev–Trinajstić information content (AvgIpc) is 2.88. The second kappa shape index (κ2) is 6.22. The Bertz CT molecular complexity index is 556. The second-order valence-electron chi connectivity index (χ2n) is 5.22. The molecule has 1 aromatic rings. The fourth-order valence-corrected chi connectivity index (χ4v) is 4.06. The quantitative estimate of drug-likeness (QED) is 0.892. The highest BCUT2D eigenvalue weighted by molar-refractivity contribution is 7.89. The van der Waals surface area contributed by atoms with E-state index in [2.05, 4.69) is 0 Å². The van der Waals surface area contributed by atoms with Crippen molar-refractivity contribution in [3.8, 4) is 0 Å². The zero-order valence-corrected chi connectivity index (χ0v) is 12.6. The third-order valence-corrected chi connectivity index (χ3v) is 5.49. The predicted molar refractivity (Wildman–Crippen MR) is 75.8 cm³/mol. The van der Waals surface area contributed by atoms with Gasteiger partial charge in [0.15, 0.2) is 0 Å². The molecule has 0 saturated carbocycles. The fraction of sp³-hybridized carbons (Fsp3) is 0.571. The first-order valence-electron chi connectivity index (χ1n) is 6.72. The van der Waals surface area contributed by atoms with E-state index in [1.165, 1.54) is 4.31 Å². The molecule has 0 bridgehead atoms. The van der Waals surface area contributed by atoms with Gasteiger partial charge in [0.05, 0.1) is 17.6 Å². The number of ether oxygens (including phenoxy) is 1. The van der Waals surface area contributed by atoms with E-state index in [4.69, 9.17) is 4.74 Å². The number of aliphatic hydroxyl groups is 1. The van der Waals surface area contributed by atoms with Crippen molar-refractivity contribution in [2.24, 2.45) is 5.92 Å². The molecule has 0 amide bonds. The maximum Gasteiger partial charge on any atom is 0.243 e. The molecule has 1 fully saturated rings. The number of hydrogen-bond acceptors (Lipinski definition) is 4. The molecular weight excluding hydrogens is 278 g/mol. The number of nitrogens with zero attached hydrogens (tertiary/aromatic N) is 1. The third-order valence-electron chi connectivity index (χ3n) is 3.63. The van der Waals surface area contributed by atoms with E-state index in [0.717, 1.165) is 6.42 Å². The van der Waals surface area contributed by atoms with Crippen LogP contribution in [0, 0.1) is 5.92 Å². The molecule has 1 saturated heterocycles. The first-order valence-corrected chi connectivity index (χ1v) is 8.16. The second-order valence-corrected chi connectivity index (χ2v) is 7.16. The summed E-state index contributed by atoms with van der Waals surface area (Å²) in [6, 6.07) is 6.51. The Morgan fingerprint density at radius 2 is 2.25 bits per heavy atom. The van der Waals surface area contributed by atoms with Gasteiger partial charge >= 0.3 is 0 Å². The van der Waals surface area contributed by atoms with Crippen LogP contribution in [-0.2, 0) is 14.8 Å². The van der Waals surface area contributed by atoms with Gasteiger partial charge in [0.25, 0.3) is 0 Å². The number of sulfonamides is 1. The molecule has 2 atom stereocenters. The van der Waals surface area contributed by atoms with Crippen molar-refractivity contribution in [3.05, 3.63) is 29.8 Å². The van der Waals surface area contributed by atoms with Crippen molar-refractivity contribution in [2.75, 3.05) is 26.8 Å². The summed E-state index contributed by atoms with van der Waals surface area (Å²) < 4.78 is 31.7. The number of methoxy groups -OCH3 is 1. The van der Waals surface area contributed by atoms with Crippen LogP contribution >= 0.6 is 0 Å². The lowest BCUT2D eigenvalue weighted by atomic mass is 10.1. The van der Waals surface area contributed by atoms with Crippen molar-refractivity contribution < 1.29 is 18.3 Å². The van der Waals surface area contributed by atoms with Gasteiger partial charge in [-0.1, -0.05) is 12.1 Å². The van der Waals surface area contributed by atoms with Crippen molar-refractivity contribution in [3.63, 3.8) is 0 Å². The molecular formula is C14H21NO4S. The van der Waals surface area contributed by atoms with E-state index < -0.39 is 16.1 Å². The lowest BCUT2D eigenvalue weighted by molar-refractivity contribution is 0.157. The molecule has 0 aromatic heterocycles. The first kappa shape index (κ1) is 15.4. The van der Waals surface area contributed by atoms with Gasteiger partial charge in [0.1, 0.15) is 0 Å². The molecule has 2 rings (SSSR count). The Balaban J connectivity index is 2.21. The number of aliphatic hydroxyl groups excluding tert-OH is 1. The summed E-state index contributed by atoms with van der Waals surface area (Å²) in [5.41, 5.74) is 0.610. The Labute approximate surface area is 120 Å². The minimum atomic E-state index is -3.48.